The average molecular weight is 327 g/mol. The Hall–Kier alpha value is -2.18. The number of nitrogens with zero attached hydrogens (tertiary/aromatic N) is 2. The Balaban J connectivity index is 1.74. The van der Waals surface area contributed by atoms with Gasteiger partial charge in [-0.15, -0.1) is 0 Å². The Bertz CT molecular complexity index is 710. The summed E-state index contributed by atoms with van der Waals surface area (Å²) in [6.45, 7) is 6.05. The molecule has 1 aliphatic heterocycles. The lowest BCUT2D eigenvalue weighted by Gasteiger charge is -2.11. The third-order valence-electron chi connectivity index (χ3n) is 4.48. The van der Waals surface area contributed by atoms with Gasteiger partial charge in [0.2, 0.25) is 5.91 Å². The Kier molecular flexibility index (Phi) is 4.97. The number of aryl methyl sites for hydroxylation is 1. The third-order valence-corrected chi connectivity index (χ3v) is 4.48. The summed E-state index contributed by atoms with van der Waals surface area (Å²) in [5.41, 5.74) is 9.84. The first kappa shape index (κ1) is 16.7. The largest absolute Gasteiger partial charge is 0.322 e. The van der Waals surface area contributed by atoms with E-state index in [1.807, 2.05) is 48.9 Å². The van der Waals surface area contributed by atoms with Crippen molar-refractivity contribution in [2.75, 3.05) is 5.32 Å². The molecule has 0 bridgehead atoms. The van der Waals surface area contributed by atoms with Gasteiger partial charge in [0.05, 0.1) is 22.8 Å². The van der Waals surface area contributed by atoms with Gasteiger partial charge in [-0.3, -0.25) is 10.2 Å². The van der Waals surface area contributed by atoms with Gasteiger partial charge < -0.3 is 5.32 Å². The molecule has 3 rings (SSSR count). The minimum atomic E-state index is -0.208. The van der Waals surface area contributed by atoms with Crippen molar-refractivity contribution >= 4 is 11.6 Å². The number of anilines is 1. The predicted molar refractivity (Wildman–Crippen MR) is 95.0 cm³/mol. The van der Waals surface area contributed by atoms with Crippen LogP contribution < -0.4 is 16.2 Å². The zero-order valence-electron chi connectivity index (χ0n) is 14.5. The fourth-order valence-corrected chi connectivity index (χ4v) is 3.19. The zero-order valence-corrected chi connectivity index (χ0v) is 14.5. The van der Waals surface area contributed by atoms with Crippen molar-refractivity contribution in [2.24, 2.45) is 0 Å². The third kappa shape index (κ3) is 3.34. The van der Waals surface area contributed by atoms with Crippen LogP contribution in [0.5, 0.6) is 0 Å². The fraction of sp³-hybridized carbons (Fsp3) is 0.444. The Morgan fingerprint density at radius 3 is 2.75 bits per heavy atom. The second-order valence-corrected chi connectivity index (χ2v) is 6.34. The van der Waals surface area contributed by atoms with E-state index in [4.69, 9.17) is 0 Å². The van der Waals surface area contributed by atoms with Crippen LogP contribution in [0.1, 0.15) is 37.6 Å². The van der Waals surface area contributed by atoms with Crippen LogP contribution in [-0.2, 0) is 4.79 Å². The lowest BCUT2D eigenvalue weighted by Crippen LogP contribution is -2.40. The molecule has 24 heavy (non-hydrogen) atoms. The molecule has 2 atom stereocenters. The van der Waals surface area contributed by atoms with Gasteiger partial charge in [-0.25, -0.2) is 10.1 Å². The van der Waals surface area contributed by atoms with Crippen molar-refractivity contribution in [1.82, 2.24) is 20.6 Å². The van der Waals surface area contributed by atoms with Crippen molar-refractivity contribution in [2.45, 2.75) is 52.1 Å². The van der Waals surface area contributed by atoms with Gasteiger partial charge >= 0.3 is 0 Å². The molecule has 128 valence electrons. The van der Waals surface area contributed by atoms with Crippen LogP contribution in [0.15, 0.2) is 30.3 Å². The monoisotopic (exact) mass is 327 g/mol. The number of rotatable bonds is 5. The molecule has 0 radical (unpaired) electrons. The molecule has 3 N–H and O–H groups in total. The minimum Gasteiger partial charge on any atom is -0.322 e. The Morgan fingerprint density at radius 2 is 2.04 bits per heavy atom. The molecule has 1 aromatic heterocycles. The summed E-state index contributed by atoms with van der Waals surface area (Å²) in [5.74, 6) is -0.0140. The number of benzene rings is 1. The molecule has 1 aliphatic rings. The topological polar surface area (TPSA) is 71.0 Å². The molecule has 1 saturated heterocycles. The molecule has 6 nitrogen and oxygen atoms in total. The van der Waals surface area contributed by atoms with Gasteiger partial charge in [-0.05, 0) is 38.8 Å². The average Bonchev–Trinajstić information content (AvgIpc) is 3.16. The first-order valence-electron chi connectivity index (χ1n) is 8.53. The molecule has 1 amide bonds. The highest BCUT2D eigenvalue weighted by Crippen LogP contribution is 2.23. The molecule has 2 aromatic rings. The van der Waals surface area contributed by atoms with Crippen LogP contribution in [0.25, 0.3) is 5.69 Å². The van der Waals surface area contributed by atoms with E-state index in [1.165, 1.54) is 0 Å². The number of para-hydroxylation sites is 1. The maximum atomic E-state index is 12.6. The van der Waals surface area contributed by atoms with E-state index in [2.05, 4.69) is 28.2 Å². The summed E-state index contributed by atoms with van der Waals surface area (Å²) in [6.07, 6.45) is 2.99. The lowest BCUT2D eigenvalue weighted by atomic mass is 10.1. The minimum absolute atomic E-state index is 0.0140. The predicted octanol–water partition coefficient (Wildman–Crippen LogP) is 2.46. The van der Waals surface area contributed by atoms with E-state index in [0.29, 0.717) is 6.04 Å². The quantitative estimate of drug-likeness (QED) is 0.789. The van der Waals surface area contributed by atoms with Gasteiger partial charge in [0.1, 0.15) is 6.04 Å². The van der Waals surface area contributed by atoms with Crippen LogP contribution in [0, 0.1) is 13.8 Å². The van der Waals surface area contributed by atoms with Crippen molar-refractivity contribution < 1.29 is 4.79 Å². The van der Waals surface area contributed by atoms with E-state index in [1.54, 1.807) is 0 Å². The van der Waals surface area contributed by atoms with Crippen molar-refractivity contribution in [3.05, 3.63) is 41.7 Å². The Morgan fingerprint density at radius 1 is 1.29 bits per heavy atom. The molecule has 0 aliphatic carbocycles. The molecule has 0 spiro atoms. The van der Waals surface area contributed by atoms with E-state index in [-0.39, 0.29) is 11.9 Å². The van der Waals surface area contributed by atoms with Gasteiger partial charge in [0.15, 0.2) is 0 Å². The number of carbonyl (C=O) groups is 1. The van der Waals surface area contributed by atoms with Crippen molar-refractivity contribution in [3.63, 3.8) is 0 Å². The highest BCUT2D eigenvalue weighted by Gasteiger charge is 2.29. The van der Waals surface area contributed by atoms with Crippen molar-refractivity contribution in [1.29, 1.82) is 0 Å². The highest BCUT2D eigenvalue weighted by atomic mass is 16.2. The smallest absolute Gasteiger partial charge is 0.243 e. The zero-order chi connectivity index (χ0) is 17.1. The number of hydrogen-bond donors (Lipinski definition) is 3. The fourth-order valence-electron chi connectivity index (χ4n) is 3.19. The number of nitrogens with one attached hydrogen (secondary N) is 3. The number of carbonyl (C=O) groups excluding carboxylic acids is 1. The number of amides is 1. The second kappa shape index (κ2) is 7.15. The van der Waals surface area contributed by atoms with Crippen LogP contribution >= 0.6 is 0 Å². The van der Waals surface area contributed by atoms with Crippen molar-refractivity contribution in [3.8, 4) is 5.69 Å². The first-order valence-corrected chi connectivity index (χ1v) is 8.53. The molecular formula is C18H25N5O. The van der Waals surface area contributed by atoms with Crippen LogP contribution in [0.3, 0.4) is 0 Å². The second-order valence-electron chi connectivity index (χ2n) is 6.34. The van der Waals surface area contributed by atoms with E-state index in [0.717, 1.165) is 42.0 Å². The molecule has 6 heteroatoms. The van der Waals surface area contributed by atoms with Crippen LogP contribution in [0.4, 0.5) is 5.69 Å². The summed E-state index contributed by atoms with van der Waals surface area (Å²) in [7, 11) is 0. The molecule has 2 unspecified atom stereocenters. The highest BCUT2D eigenvalue weighted by molar-refractivity contribution is 5.96. The first-order chi connectivity index (χ1) is 11.6. The normalized spacial score (nSPS) is 20.3. The lowest BCUT2D eigenvalue weighted by molar-refractivity contribution is -0.117. The molecule has 2 heterocycles. The van der Waals surface area contributed by atoms with Crippen LogP contribution in [0.2, 0.25) is 0 Å². The maximum Gasteiger partial charge on any atom is 0.243 e. The van der Waals surface area contributed by atoms with Gasteiger partial charge in [-0.2, -0.15) is 5.10 Å². The van der Waals surface area contributed by atoms with Gasteiger partial charge in [0, 0.05) is 6.04 Å². The summed E-state index contributed by atoms with van der Waals surface area (Å²) in [6, 6.07) is 10.1. The van der Waals surface area contributed by atoms with E-state index < -0.39 is 0 Å². The van der Waals surface area contributed by atoms with E-state index >= 15 is 0 Å². The van der Waals surface area contributed by atoms with E-state index in [9.17, 15) is 4.79 Å². The summed E-state index contributed by atoms with van der Waals surface area (Å²) < 4.78 is 1.87. The summed E-state index contributed by atoms with van der Waals surface area (Å²) >= 11 is 0. The molecule has 1 fully saturated rings. The van der Waals surface area contributed by atoms with Gasteiger partial charge in [-0.1, -0.05) is 31.5 Å². The number of hydrogen-bond acceptors (Lipinski definition) is 4. The summed E-state index contributed by atoms with van der Waals surface area (Å²) in [4.78, 5) is 12.6. The standard InChI is InChI=1S/C18H25N5O/c1-4-8-14-11-16(21-20-14)18(24)19-17-12(2)22-23(13(17)3)15-9-6-5-7-10-15/h5-7,9-10,14,16,20-21H,4,8,11H2,1-3H3,(H,19,24). The summed E-state index contributed by atoms with van der Waals surface area (Å²) in [5, 5.41) is 7.62. The Labute approximate surface area is 142 Å². The number of aromatic nitrogens is 2. The maximum absolute atomic E-state index is 12.6. The molecular weight excluding hydrogens is 302 g/mol. The number of hydrazine groups is 1. The molecule has 1 aromatic carbocycles. The van der Waals surface area contributed by atoms with Gasteiger partial charge in [0.25, 0.3) is 0 Å². The SMILES string of the molecule is CCCC1CC(C(=O)Nc2c(C)nn(-c3ccccc3)c2C)NN1. The van der Waals surface area contributed by atoms with Crippen LogP contribution in [-0.4, -0.2) is 27.8 Å². The molecule has 0 saturated carbocycles.